The standard InChI is InChI=1S/C14H20Cl2N2O/c1-3-4-5-6-9(2)18-14(19)10-7-11(15)13(17)12(16)8-10/h7-9H,3-6,17H2,1-2H3,(H,18,19). The van der Waals surface area contributed by atoms with Crippen LogP contribution in [0.2, 0.25) is 10.0 Å². The van der Waals surface area contributed by atoms with Crippen LogP contribution < -0.4 is 11.1 Å². The number of nitrogens with two attached hydrogens (primary N) is 1. The molecule has 0 bridgehead atoms. The number of hydrogen-bond acceptors (Lipinski definition) is 2. The lowest BCUT2D eigenvalue weighted by Crippen LogP contribution is -2.32. The second-order valence-electron chi connectivity index (χ2n) is 4.72. The van der Waals surface area contributed by atoms with Gasteiger partial charge in [0.25, 0.3) is 5.91 Å². The number of nitrogen functional groups attached to an aromatic ring is 1. The molecule has 0 saturated heterocycles. The number of unbranched alkanes of at least 4 members (excludes halogenated alkanes) is 2. The maximum atomic E-state index is 12.0. The zero-order valence-corrected chi connectivity index (χ0v) is 12.8. The van der Waals surface area contributed by atoms with Gasteiger partial charge in [-0.1, -0.05) is 49.4 Å². The number of hydrogen-bond donors (Lipinski definition) is 2. The summed E-state index contributed by atoms with van der Waals surface area (Å²) < 4.78 is 0. The van der Waals surface area contributed by atoms with Crippen LogP contribution in [-0.2, 0) is 0 Å². The van der Waals surface area contributed by atoms with Crippen LogP contribution in [0.25, 0.3) is 0 Å². The van der Waals surface area contributed by atoms with Crippen LogP contribution in [0.3, 0.4) is 0 Å². The fourth-order valence-corrected chi connectivity index (χ4v) is 2.28. The number of anilines is 1. The largest absolute Gasteiger partial charge is 0.396 e. The molecule has 0 radical (unpaired) electrons. The van der Waals surface area contributed by atoms with E-state index >= 15 is 0 Å². The first-order chi connectivity index (χ1) is 8.95. The van der Waals surface area contributed by atoms with Gasteiger partial charge in [0.2, 0.25) is 0 Å². The number of rotatable bonds is 6. The van der Waals surface area contributed by atoms with Gasteiger partial charge in [-0.3, -0.25) is 4.79 Å². The number of amides is 1. The Morgan fingerprint density at radius 1 is 1.32 bits per heavy atom. The Bertz CT molecular complexity index is 426. The molecule has 1 rings (SSSR count). The number of benzene rings is 1. The van der Waals surface area contributed by atoms with Gasteiger partial charge in [0, 0.05) is 11.6 Å². The predicted octanol–water partition coefficient (Wildman–Crippen LogP) is 4.27. The molecule has 0 aliphatic rings. The fourth-order valence-electron chi connectivity index (χ4n) is 1.80. The highest BCUT2D eigenvalue weighted by atomic mass is 35.5. The first-order valence-corrected chi connectivity index (χ1v) is 7.26. The molecule has 0 aliphatic heterocycles. The highest BCUT2D eigenvalue weighted by molar-refractivity contribution is 6.39. The molecular formula is C14H20Cl2N2O. The molecule has 5 heteroatoms. The highest BCUT2D eigenvalue weighted by Gasteiger charge is 2.13. The summed E-state index contributed by atoms with van der Waals surface area (Å²) in [5.41, 5.74) is 6.38. The van der Waals surface area contributed by atoms with E-state index in [0.29, 0.717) is 21.3 Å². The van der Waals surface area contributed by atoms with E-state index in [0.717, 1.165) is 12.8 Å². The maximum absolute atomic E-state index is 12.0. The van der Waals surface area contributed by atoms with Gasteiger partial charge in [0.05, 0.1) is 15.7 Å². The van der Waals surface area contributed by atoms with Crippen LogP contribution in [-0.4, -0.2) is 11.9 Å². The van der Waals surface area contributed by atoms with E-state index in [-0.39, 0.29) is 11.9 Å². The Morgan fingerprint density at radius 2 is 1.89 bits per heavy atom. The molecule has 1 unspecified atom stereocenters. The molecule has 1 aromatic rings. The van der Waals surface area contributed by atoms with Gasteiger partial charge in [-0.15, -0.1) is 0 Å². The molecule has 19 heavy (non-hydrogen) atoms. The summed E-state index contributed by atoms with van der Waals surface area (Å²) in [5, 5.41) is 3.54. The van der Waals surface area contributed by atoms with Crippen molar-refractivity contribution in [3.8, 4) is 0 Å². The van der Waals surface area contributed by atoms with Gasteiger partial charge in [-0.2, -0.15) is 0 Å². The smallest absolute Gasteiger partial charge is 0.251 e. The molecule has 0 heterocycles. The number of nitrogens with one attached hydrogen (secondary N) is 1. The minimum absolute atomic E-state index is 0.133. The van der Waals surface area contributed by atoms with E-state index in [9.17, 15) is 4.79 Å². The molecule has 0 aliphatic carbocycles. The third kappa shape index (κ3) is 4.92. The second-order valence-corrected chi connectivity index (χ2v) is 5.54. The molecule has 1 aromatic carbocycles. The molecule has 0 aromatic heterocycles. The average molecular weight is 303 g/mol. The molecule has 106 valence electrons. The van der Waals surface area contributed by atoms with Crippen LogP contribution in [0.1, 0.15) is 49.9 Å². The Hall–Kier alpha value is -0.930. The van der Waals surface area contributed by atoms with Crippen molar-refractivity contribution in [2.75, 3.05) is 5.73 Å². The molecule has 0 saturated carbocycles. The van der Waals surface area contributed by atoms with Gasteiger partial charge >= 0.3 is 0 Å². The van der Waals surface area contributed by atoms with Gasteiger partial charge in [-0.05, 0) is 25.5 Å². The van der Waals surface area contributed by atoms with E-state index in [2.05, 4.69) is 12.2 Å². The molecule has 0 fully saturated rings. The van der Waals surface area contributed by atoms with Gasteiger partial charge in [0.1, 0.15) is 0 Å². The SMILES string of the molecule is CCCCCC(C)NC(=O)c1cc(Cl)c(N)c(Cl)c1. The van der Waals surface area contributed by atoms with Crippen LogP contribution >= 0.6 is 23.2 Å². The van der Waals surface area contributed by atoms with E-state index in [4.69, 9.17) is 28.9 Å². The number of carbonyl (C=O) groups excluding carboxylic acids is 1. The van der Waals surface area contributed by atoms with Crippen molar-refractivity contribution in [3.63, 3.8) is 0 Å². The topological polar surface area (TPSA) is 55.1 Å². The zero-order valence-electron chi connectivity index (χ0n) is 11.3. The van der Waals surface area contributed by atoms with Crippen LogP contribution in [0.5, 0.6) is 0 Å². The normalized spacial score (nSPS) is 12.2. The maximum Gasteiger partial charge on any atom is 0.251 e. The number of halogens is 2. The Kier molecular flexibility index (Phi) is 6.46. The van der Waals surface area contributed by atoms with Gasteiger partial charge in [0.15, 0.2) is 0 Å². The highest BCUT2D eigenvalue weighted by Crippen LogP contribution is 2.28. The first kappa shape index (κ1) is 16.1. The third-order valence-corrected chi connectivity index (χ3v) is 3.58. The van der Waals surface area contributed by atoms with Crippen molar-refractivity contribution in [1.29, 1.82) is 0 Å². The van der Waals surface area contributed by atoms with E-state index in [1.807, 2.05) is 6.92 Å². The fraction of sp³-hybridized carbons (Fsp3) is 0.500. The minimum atomic E-state index is -0.173. The van der Waals surface area contributed by atoms with Crippen LogP contribution in [0.4, 0.5) is 5.69 Å². The van der Waals surface area contributed by atoms with E-state index in [1.54, 1.807) is 0 Å². The van der Waals surface area contributed by atoms with Crippen LogP contribution in [0.15, 0.2) is 12.1 Å². The summed E-state index contributed by atoms with van der Waals surface area (Å²) >= 11 is 11.8. The van der Waals surface area contributed by atoms with Crippen molar-refractivity contribution < 1.29 is 4.79 Å². The number of carbonyl (C=O) groups is 1. The van der Waals surface area contributed by atoms with E-state index < -0.39 is 0 Å². The summed E-state index contributed by atoms with van der Waals surface area (Å²) in [5.74, 6) is -0.173. The van der Waals surface area contributed by atoms with Crippen molar-refractivity contribution >= 4 is 34.8 Å². The summed E-state index contributed by atoms with van der Waals surface area (Å²) in [6.07, 6.45) is 4.43. The molecule has 3 nitrogen and oxygen atoms in total. The van der Waals surface area contributed by atoms with Crippen molar-refractivity contribution in [2.24, 2.45) is 0 Å². The first-order valence-electron chi connectivity index (χ1n) is 6.51. The quantitative estimate of drug-likeness (QED) is 0.609. The lowest BCUT2D eigenvalue weighted by molar-refractivity contribution is 0.0938. The van der Waals surface area contributed by atoms with Gasteiger partial charge in [-0.25, -0.2) is 0 Å². The van der Waals surface area contributed by atoms with E-state index in [1.165, 1.54) is 25.0 Å². The lowest BCUT2D eigenvalue weighted by Gasteiger charge is -2.14. The summed E-state index contributed by atoms with van der Waals surface area (Å²) in [7, 11) is 0. The Balaban J connectivity index is 2.63. The summed E-state index contributed by atoms with van der Waals surface area (Å²) in [6, 6.07) is 3.21. The zero-order chi connectivity index (χ0) is 14.4. The molecular weight excluding hydrogens is 283 g/mol. The monoisotopic (exact) mass is 302 g/mol. The van der Waals surface area contributed by atoms with Crippen molar-refractivity contribution in [3.05, 3.63) is 27.7 Å². The molecule has 1 amide bonds. The summed E-state index contributed by atoms with van der Waals surface area (Å²) in [6.45, 7) is 4.15. The molecule has 0 spiro atoms. The summed E-state index contributed by atoms with van der Waals surface area (Å²) in [4.78, 5) is 12.0. The minimum Gasteiger partial charge on any atom is -0.396 e. The molecule has 3 N–H and O–H groups in total. The average Bonchev–Trinajstić information content (AvgIpc) is 2.35. The lowest BCUT2D eigenvalue weighted by atomic mass is 10.1. The van der Waals surface area contributed by atoms with Crippen molar-refractivity contribution in [2.45, 2.75) is 45.6 Å². The van der Waals surface area contributed by atoms with Crippen LogP contribution in [0, 0.1) is 0 Å². The van der Waals surface area contributed by atoms with Crippen molar-refractivity contribution in [1.82, 2.24) is 5.32 Å². The Morgan fingerprint density at radius 3 is 2.42 bits per heavy atom. The predicted molar refractivity (Wildman–Crippen MR) is 81.9 cm³/mol. The molecule has 1 atom stereocenters. The Labute approximate surface area is 124 Å². The van der Waals surface area contributed by atoms with Gasteiger partial charge < -0.3 is 11.1 Å². The second kappa shape index (κ2) is 7.61. The third-order valence-electron chi connectivity index (χ3n) is 2.96.